The Morgan fingerprint density at radius 2 is 2.12 bits per heavy atom. The minimum atomic E-state index is -0.661. The predicted molar refractivity (Wildman–Crippen MR) is 69.1 cm³/mol. The van der Waals surface area contributed by atoms with Gasteiger partial charge < -0.3 is 16.2 Å². The molecule has 4 nitrogen and oxygen atoms in total. The van der Waals surface area contributed by atoms with E-state index in [9.17, 15) is 4.79 Å². The van der Waals surface area contributed by atoms with Gasteiger partial charge in [0.2, 0.25) is 0 Å². The first kappa shape index (κ1) is 13.3. The minimum Gasteiger partial charge on any atom is -0.468 e. The van der Waals surface area contributed by atoms with E-state index in [1.165, 1.54) is 7.11 Å². The normalized spacial score (nSPS) is 13.2. The van der Waals surface area contributed by atoms with Crippen LogP contribution in [-0.4, -0.2) is 19.1 Å². The van der Waals surface area contributed by atoms with Gasteiger partial charge in [-0.1, -0.05) is 24.3 Å². The Morgan fingerprint density at radius 3 is 2.65 bits per heavy atom. The number of hydrogen-bond donors (Lipinski definition) is 2. The summed E-state index contributed by atoms with van der Waals surface area (Å²) in [4.78, 5) is 11.3. The molecule has 0 radical (unpaired) electrons. The van der Waals surface area contributed by atoms with E-state index >= 15 is 0 Å². The van der Waals surface area contributed by atoms with E-state index < -0.39 is 12.0 Å². The Morgan fingerprint density at radius 1 is 1.47 bits per heavy atom. The molecule has 1 aromatic carbocycles. The van der Waals surface area contributed by atoms with Crippen LogP contribution >= 0.6 is 0 Å². The van der Waals surface area contributed by atoms with Crippen molar-refractivity contribution in [3.63, 3.8) is 0 Å². The third kappa shape index (κ3) is 3.32. The summed E-state index contributed by atoms with van der Waals surface area (Å²) in [7, 11) is 1.33. The number of allylic oxidation sites excluding steroid dienone is 1. The zero-order chi connectivity index (χ0) is 12.8. The number of esters is 1. The van der Waals surface area contributed by atoms with Crippen LogP contribution in [0.3, 0.4) is 0 Å². The fourth-order valence-electron chi connectivity index (χ4n) is 1.64. The minimum absolute atomic E-state index is 0.414. The van der Waals surface area contributed by atoms with Crippen molar-refractivity contribution >= 4 is 17.2 Å². The van der Waals surface area contributed by atoms with Crippen LogP contribution in [0.15, 0.2) is 30.3 Å². The summed E-state index contributed by atoms with van der Waals surface area (Å²) < 4.78 is 4.60. The van der Waals surface area contributed by atoms with Crippen LogP contribution < -0.4 is 11.5 Å². The number of rotatable bonds is 4. The van der Waals surface area contributed by atoms with E-state index in [2.05, 4.69) is 4.74 Å². The highest BCUT2D eigenvalue weighted by Crippen LogP contribution is 2.24. The number of ether oxygens (including phenoxy) is 1. The molecule has 0 spiro atoms. The molecule has 0 aliphatic rings. The average Bonchev–Trinajstić information content (AvgIpc) is 2.35. The molecule has 0 bridgehead atoms. The van der Waals surface area contributed by atoms with Crippen LogP contribution in [0.5, 0.6) is 0 Å². The van der Waals surface area contributed by atoms with Gasteiger partial charge in [-0.15, -0.1) is 0 Å². The number of anilines is 1. The quantitative estimate of drug-likeness (QED) is 0.612. The van der Waals surface area contributed by atoms with Crippen molar-refractivity contribution in [2.75, 3.05) is 12.8 Å². The maximum Gasteiger partial charge on any atom is 0.322 e. The fourth-order valence-corrected chi connectivity index (χ4v) is 1.64. The second-order valence-corrected chi connectivity index (χ2v) is 3.73. The first-order chi connectivity index (χ1) is 8.10. The van der Waals surface area contributed by atoms with Gasteiger partial charge in [-0.25, -0.2) is 0 Å². The molecule has 1 atom stereocenters. The highest BCUT2D eigenvalue weighted by molar-refractivity contribution is 5.81. The lowest BCUT2D eigenvalue weighted by atomic mass is 9.97. The lowest BCUT2D eigenvalue weighted by Crippen LogP contribution is -2.31. The van der Waals surface area contributed by atoms with Crippen LogP contribution in [0.1, 0.15) is 18.9 Å². The Kier molecular flexibility index (Phi) is 4.72. The topological polar surface area (TPSA) is 78.3 Å². The van der Waals surface area contributed by atoms with Gasteiger partial charge in [-0.2, -0.15) is 0 Å². The van der Waals surface area contributed by atoms with Crippen molar-refractivity contribution in [1.29, 1.82) is 0 Å². The van der Waals surface area contributed by atoms with E-state index in [1.807, 2.05) is 37.3 Å². The zero-order valence-electron chi connectivity index (χ0n) is 10.1. The van der Waals surface area contributed by atoms with Crippen LogP contribution in [-0.2, 0) is 9.53 Å². The third-order valence-corrected chi connectivity index (χ3v) is 2.60. The molecule has 4 N–H and O–H groups in total. The average molecular weight is 234 g/mol. The number of carbonyl (C=O) groups is 1. The van der Waals surface area contributed by atoms with Gasteiger partial charge in [0.1, 0.15) is 6.04 Å². The van der Waals surface area contributed by atoms with E-state index in [4.69, 9.17) is 11.5 Å². The molecule has 0 aliphatic heterocycles. The summed E-state index contributed by atoms with van der Waals surface area (Å²) in [6.45, 7) is 1.89. The first-order valence-electron chi connectivity index (χ1n) is 5.43. The van der Waals surface area contributed by atoms with Crippen molar-refractivity contribution in [3.8, 4) is 0 Å². The molecule has 92 valence electrons. The molecule has 1 rings (SSSR count). The largest absolute Gasteiger partial charge is 0.468 e. The fraction of sp³-hybridized carbons (Fsp3) is 0.308. The summed E-state index contributed by atoms with van der Waals surface area (Å²) >= 11 is 0. The van der Waals surface area contributed by atoms with Crippen LogP contribution in [0.4, 0.5) is 5.69 Å². The molecular weight excluding hydrogens is 216 g/mol. The number of nitrogens with two attached hydrogens (primary N) is 2. The Hall–Kier alpha value is -1.81. The molecule has 0 heterocycles. The van der Waals surface area contributed by atoms with Crippen molar-refractivity contribution in [1.82, 2.24) is 0 Å². The highest BCUT2D eigenvalue weighted by Gasteiger charge is 2.16. The summed E-state index contributed by atoms with van der Waals surface area (Å²) in [6.07, 6.45) is 2.33. The summed E-state index contributed by atoms with van der Waals surface area (Å²) in [5.74, 6) is -0.418. The van der Waals surface area contributed by atoms with Crippen LogP contribution in [0, 0.1) is 0 Å². The zero-order valence-corrected chi connectivity index (χ0v) is 10.1. The molecule has 4 heteroatoms. The van der Waals surface area contributed by atoms with Gasteiger partial charge in [0.05, 0.1) is 7.11 Å². The Bertz CT molecular complexity index is 427. The van der Waals surface area contributed by atoms with Gasteiger partial charge in [0.15, 0.2) is 0 Å². The second-order valence-electron chi connectivity index (χ2n) is 3.73. The maximum atomic E-state index is 11.3. The number of para-hydroxylation sites is 1. The van der Waals surface area contributed by atoms with E-state index in [0.717, 1.165) is 11.1 Å². The molecule has 0 aliphatic carbocycles. The summed E-state index contributed by atoms with van der Waals surface area (Å²) in [6, 6.07) is 6.84. The number of benzene rings is 1. The Balaban J connectivity index is 2.88. The van der Waals surface area contributed by atoms with E-state index in [-0.39, 0.29) is 0 Å². The third-order valence-electron chi connectivity index (χ3n) is 2.60. The van der Waals surface area contributed by atoms with Crippen LogP contribution in [0.2, 0.25) is 0 Å². The van der Waals surface area contributed by atoms with Crippen molar-refractivity contribution in [3.05, 3.63) is 35.9 Å². The number of carbonyl (C=O) groups excluding carboxylic acids is 1. The maximum absolute atomic E-state index is 11.3. The molecule has 0 saturated heterocycles. The lowest BCUT2D eigenvalue weighted by molar-refractivity contribution is -0.142. The molecule has 0 fully saturated rings. The predicted octanol–water partition coefficient (Wildman–Crippen LogP) is 1.56. The van der Waals surface area contributed by atoms with Crippen molar-refractivity contribution in [2.24, 2.45) is 5.73 Å². The molecular formula is C13H18N2O2. The number of methoxy groups -OCH3 is 1. The molecule has 0 saturated carbocycles. The SMILES string of the molecule is C/C=C(/C[C@@H](N)C(=O)OC)c1ccccc1N. The Labute approximate surface area is 101 Å². The molecule has 0 aromatic heterocycles. The van der Waals surface area contributed by atoms with Crippen molar-refractivity contribution in [2.45, 2.75) is 19.4 Å². The second kappa shape index (κ2) is 6.06. The standard InChI is InChI=1S/C13H18N2O2/c1-3-9(8-12(15)13(16)17-2)10-6-4-5-7-11(10)14/h3-7,12H,8,14-15H2,1-2H3/b9-3-/t12-/m1/s1. The monoisotopic (exact) mass is 234 g/mol. The van der Waals surface area contributed by atoms with E-state index in [1.54, 1.807) is 0 Å². The van der Waals surface area contributed by atoms with E-state index in [0.29, 0.717) is 12.1 Å². The molecule has 0 unspecified atom stereocenters. The summed E-state index contributed by atoms with van der Waals surface area (Å²) in [5, 5.41) is 0. The molecule has 1 aromatic rings. The van der Waals surface area contributed by atoms with Gasteiger partial charge in [0, 0.05) is 11.3 Å². The molecule has 0 amide bonds. The van der Waals surface area contributed by atoms with Gasteiger partial charge in [-0.3, -0.25) is 4.79 Å². The van der Waals surface area contributed by atoms with Gasteiger partial charge in [-0.05, 0) is 25.0 Å². The van der Waals surface area contributed by atoms with Gasteiger partial charge >= 0.3 is 5.97 Å². The molecule has 17 heavy (non-hydrogen) atoms. The van der Waals surface area contributed by atoms with Crippen molar-refractivity contribution < 1.29 is 9.53 Å². The number of nitrogen functional groups attached to an aromatic ring is 1. The van der Waals surface area contributed by atoms with Crippen LogP contribution in [0.25, 0.3) is 5.57 Å². The highest BCUT2D eigenvalue weighted by atomic mass is 16.5. The lowest BCUT2D eigenvalue weighted by Gasteiger charge is -2.14. The smallest absolute Gasteiger partial charge is 0.322 e. The number of hydrogen-bond acceptors (Lipinski definition) is 4. The van der Waals surface area contributed by atoms with Gasteiger partial charge in [0.25, 0.3) is 0 Å². The first-order valence-corrected chi connectivity index (χ1v) is 5.43. The summed E-state index contributed by atoms with van der Waals surface area (Å²) in [5.41, 5.74) is 14.2.